The molecule has 1 heterocycles. The Morgan fingerprint density at radius 1 is 1.61 bits per heavy atom. The Balaban J connectivity index is 1.74. The first-order chi connectivity index (χ1) is 8.65. The van der Waals surface area contributed by atoms with Gasteiger partial charge in [-0.15, -0.1) is 11.8 Å². The van der Waals surface area contributed by atoms with E-state index in [9.17, 15) is 4.79 Å². The minimum absolute atomic E-state index is 0.116. The van der Waals surface area contributed by atoms with Crippen molar-refractivity contribution >= 4 is 34.1 Å². The van der Waals surface area contributed by atoms with E-state index in [0.717, 1.165) is 10.6 Å². The van der Waals surface area contributed by atoms with Gasteiger partial charge < -0.3 is 11.1 Å². The molecular weight excluding hydrogens is 266 g/mol. The van der Waals surface area contributed by atoms with Crippen LogP contribution in [0.2, 0.25) is 0 Å². The van der Waals surface area contributed by atoms with Gasteiger partial charge in [0, 0.05) is 6.04 Å². The lowest BCUT2D eigenvalue weighted by Gasteiger charge is -2.29. The highest BCUT2D eigenvalue weighted by Crippen LogP contribution is 2.27. The molecule has 2 atom stereocenters. The Kier molecular flexibility index (Phi) is 4.88. The number of aromatic nitrogens is 1. The van der Waals surface area contributed by atoms with Crippen LogP contribution in [0.15, 0.2) is 10.4 Å². The van der Waals surface area contributed by atoms with E-state index in [4.69, 9.17) is 5.73 Å². The van der Waals surface area contributed by atoms with Crippen LogP contribution in [0.5, 0.6) is 0 Å². The van der Waals surface area contributed by atoms with Gasteiger partial charge in [-0.1, -0.05) is 31.1 Å². The SMILES string of the molecule is CC1CCCCC1NC(=O)CSc1cnc(N)s1. The fourth-order valence-corrected chi connectivity index (χ4v) is 3.82. The number of rotatable bonds is 4. The van der Waals surface area contributed by atoms with Crippen molar-refractivity contribution in [3.8, 4) is 0 Å². The second kappa shape index (κ2) is 6.43. The Labute approximate surface area is 116 Å². The van der Waals surface area contributed by atoms with E-state index in [2.05, 4.69) is 17.2 Å². The Hall–Kier alpha value is -0.750. The first kappa shape index (κ1) is 13.7. The lowest BCUT2D eigenvalue weighted by atomic mass is 9.86. The molecule has 1 aliphatic rings. The Bertz CT molecular complexity index is 408. The Morgan fingerprint density at radius 2 is 2.39 bits per heavy atom. The van der Waals surface area contributed by atoms with Crippen molar-refractivity contribution in [3.05, 3.63) is 6.20 Å². The molecule has 0 aliphatic heterocycles. The number of carbonyl (C=O) groups excluding carboxylic acids is 1. The van der Waals surface area contributed by atoms with Gasteiger partial charge in [-0.3, -0.25) is 4.79 Å². The van der Waals surface area contributed by atoms with E-state index in [1.54, 1.807) is 6.20 Å². The lowest BCUT2D eigenvalue weighted by molar-refractivity contribution is -0.119. The van der Waals surface area contributed by atoms with Gasteiger partial charge in [-0.05, 0) is 18.8 Å². The van der Waals surface area contributed by atoms with Crippen molar-refractivity contribution < 1.29 is 4.79 Å². The minimum Gasteiger partial charge on any atom is -0.375 e. The first-order valence-electron chi connectivity index (χ1n) is 6.28. The number of thiazole rings is 1. The van der Waals surface area contributed by atoms with Crippen LogP contribution < -0.4 is 11.1 Å². The molecule has 0 spiro atoms. The van der Waals surface area contributed by atoms with Crippen molar-refractivity contribution in [1.29, 1.82) is 0 Å². The van der Waals surface area contributed by atoms with Gasteiger partial charge in [-0.25, -0.2) is 4.98 Å². The van der Waals surface area contributed by atoms with Crippen LogP contribution >= 0.6 is 23.1 Å². The lowest BCUT2D eigenvalue weighted by Crippen LogP contribution is -2.41. The third-order valence-corrected chi connectivity index (χ3v) is 5.33. The number of carbonyl (C=O) groups is 1. The molecule has 1 amide bonds. The molecule has 0 saturated heterocycles. The predicted octanol–water partition coefficient (Wildman–Crippen LogP) is 2.51. The molecule has 2 rings (SSSR count). The average Bonchev–Trinajstić information content (AvgIpc) is 2.76. The quantitative estimate of drug-likeness (QED) is 0.834. The van der Waals surface area contributed by atoms with Gasteiger partial charge in [0.25, 0.3) is 0 Å². The van der Waals surface area contributed by atoms with Gasteiger partial charge in [-0.2, -0.15) is 0 Å². The van der Waals surface area contributed by atoms with Gasteiger partial charge in [0.05, 0.1) is 16.2 Å². The van der Waals surface area contributed by atoms with Crippen LogP contribution in [-0.2, 0) is 4.79 Å². The van der Waals surface area contributed by atoms with Crippen molar-refractivity contribution in [2.75, 3.05) is 11.5 Å². The minimum atomic E-state index is 0.116. The maximum absolute atomic E-state index is 11.9. The summed E-state index contributed by atoms with van der Waals surface area (Å²) < 4.78 is 0.999. The molecule has 4 nitrogen and oxygen atoms in total. The predicted molar refractivity (Wildman–Crippen MR) is 76.8 cm³/mol. The molecule has 2 unspecified atom stereocenters. The summed E-state index contributed by atoms with van der Waals surface area (Å²) in [5, 5.41) is 3.69. The smallest absolute Gasteiger partial charge is 0.230 e. The van der Waals surface area contributed by atoms with Crippen LogP contribution in [0.25, 0.3) is 0 Å². The first-order valence-corrected chi connectivity index (χ1v) is 8.09. The summed E-state index contributed by atoms with van der Waals surface area (Å²) in [5.41, 5.74) is 5.55. The van der Waals surface area contributed by atoms with Gasteiger partial charge in [0.2, 0.25) is 5.91 Å². The normalized spacial score (nSPS) is 23.8. The topological polar surface area (TPSA) is 68.0 Å². The highest BCUT2D eigenvalue weighted by molar-refractivity contribution is 8.01. The highest BCUT2D eigenvalue weighted by atomic mass is 32.2. The van der Waals surface area contributed by atoms with Crippen molar-refractivity contribution in [2.24, 2.45) is 5.92 Å². The summed E-state index contributed by atoms with van der Waals surface area (Å²) in [6.45, 7) is 2.22. The molecule has 0 bridgehead atoms. The second-order valence-corrected chi connectivity index (χ2v) is 7.08. The number of hydrogen-bond donors (Lipinski definition) is 2. The molecule has 1 saturated carbocycles. The molecule has 0 aromatic carbocycles. The number of nitrogens with two attached hydrogens (primary N) is 1. The number of nitrogen functional groups attached to an aromatic ring is 1. The number of nitrogens with zero attached hydrogens (tertiary/aromatic N) is 1. The Morgan fingerprint density at radius 3 is 3.06 bits per heavy atom. The standard InChI is InChI=1S/C12H19N3OS2/c1-8-4-2-3-5-9(8)15-10(16)7-17-11-6-14-12(13)18-11/h6,8-9H,2-5,7H2,1H3,(H2,13,14)(H,15,16). The number of thioether (sulfide) groups is 1. The molecule has 6 heteroatoms. The van der Waals surface area contributed by atoms with Crippen LogP contribution in [0.3, 0.4) is 0 Å². The van der Waals surface area contributed by atoms with Crippen LogP contribution in [0, 0.1) is 5.92 Å². The van der Waals surface area contributed by atoms with E-state index in [0.29, 0.717) is 22.8 Å². The van der Waals surface area contributed by atoms with Crippen LogP contribution in [-0.4, -0.2) is 22.7 Å². The second-order valence-electron chi connectivity index (χ2n) is 4.74. The molecule has 0 radical (unpaired) electrons. The molecule has 1 fully saturated rings. The van der Waals surface area contributed by atoms with E-state index >= 15 is 0 Å². The number of nitrogens with one attached hydrogen (secondary N) is 1. The van der Waals surface area contributed by atoms with E-state index < -0.39 is 0 Å². The summed E-state index contributed by atoms with van der Waals surface area (Å²) in [5.74, 6) is 1.17. The monoisotopic (exact) mass is 285 g/mol. The number of anilines is 1. The summed E-state index contributed by atoms with van der Waals surface area (Å²) in [6, 6.07) is 0.360. The highest BCUT2D eigenvalue weighted by Gasteiger charge is 2.22. The van der Waals surface area contributed by atoms with Gasteiger partial charge in [0.1, 0.15) is 0 Å². The fraction of sp³-hybridized carbons (Fsp3) is 0.667. The largest absolute Gasteiger partial charge is 0.375 e. The van der Waals surface area contributed by atoms with E-state index in [-0.39, 0.29) is 5.91 Å². The maximum Gasteiger partial charge on any atom is 0.230 e. The van der Waals surface area contributed by atoms with Gasteiger partial charge in [0.15, 0.2) is 5.13 Å². The average molecular weight is 285 g/mol. The van der Waals surface area contributed by atoms with Crippen molar-refractivity contribution in [1.82, 2.24) is 10.3 Å². The fourth-order valence-electron chi connectivity index (χ4n) is 2.25. The molecule has 1 aromatic rings. The molecule has 18 heavy (non-hydrogen) atoms. The zero-order valence-corrected chi connectivity index (χ0v) is 12.1. The maximum atomic E-state index is 11.9. The van der Waals surface area contributed by atoms with Gasteiger partial charge >= 0.3 is 0 Å². The summed E-state index contributed by atoms with van der Waals surface area (Å²) in [6.07, 6.45) is 6.59. The summed E-state index contributed by atoms with van der Waals surface area (Å²) in [7, 11) is 0. The molecule has 3 N–H and O–H groups in total. The van der Waals surface area contributed by atoms with Crippen LogP contribution in [0.1, 0.15) is 32.6 Å². The number of hydrogen-bond acceptors (Lipinski definition) is 5. The summed E-state index contributed by atoms with van der Waals surface area (Å²) in [4.78, 5) is 15.8. The third kappa shape index (κ3) is 3.88. The van der Waals surface area contributed by atoms with Crippen molar-refractivity contribution in [3.63, 3.8) is 0 Å². The third-order valence-electron chi connectivity index (χ3n) is 3.31. The molecule has 100 valence electrons. The van der Waals surface area contributed by atoms with E-state index in [1.165, 1.54) is 42.4 Å². The van der Waals surface area contributed by atoms with Crippen molar-refractivity contribution in [2.45, 2.75) is 42.9 Å². The summed E-state index contributed by atoms with van der Waals surface area (Å²) >= 11 is 2.93. The van der Waals surface area contributed by atoms with E-state index in [1.807, 2.05) is 0 Å². The molecule has 1 aromatic heterocycles. The molecule has 1 aliphatic carbocycles. The number of amides is 1. The zero-order valence-electron chi connectivity index (χ0n) is 10.5. The van der Waals surface area contributed by atoms with Crippen LogP contribution in [0.4, 0.5) is 5.13 Å². The molecular formula is C12H19N3OS2. The zero-order chi connectivity index (χ0) is 13.0.